The molecule has 0 radical (unpaired) electrons. The summed E-state index contributed by atoms with van der Waals surface area (Å²) in [5.41, 5.74) is -0.320. The average molecular weight is 352 g/mol. The molecule has 0 amide bonds. The number of allylic oxidation sites excluding steroid dienone is 3. The number of likely N-dealkylation sites (tertiary alicyclic amines) is 1. The van der Waals surface area contributed by atoms with Gasteiger partial charge in [-0.2, -0.15) is 0 Å². The number of halogens is 1. The molecule has 1 spiro atoms. The maximum absolute atomic E-state index is 12.6. The SMILES string of the molecule is COC1=C2O[C@H]3C(=O)C=C(O)[C@H]4[C@H]5CC(C=C1)C2[C@@]34CCN5C.Cl. The molecule has 6 heteroatoms. The lowest BCUT2D eigenvalue weighted by atomic mass is 9.47. The smallest absolute Gasteiger partial charge is 0.200 e. The molecule has 2 bridgehead atoms. The standard InChI is InChI=1S/C18H21NO4.ClH/c1-19-6-5-18-14-9-3-4-13(22-2)16(14)23-17(18)12(21)8-11(20)15(18)10(19)7-9;/h3-4,8-10,14-15,17,20H,5-7H2,1-2H3;1H/t9?,10-,14?,15-,17+,18-;/m1./s1. The quantitative estimate of drug-likeness (QED) is 0.785. The predicted molar refractivity (Wildman–Crippen MR) is 89.6 cm³/mol. The molecule has 5 aliphatic rings. The third kappa shape index (κ3) is 1.62. The summed E-state index contributed by atoms with van der Waals surface area (Å²) in [6.45, 7) is 0.935. The van der Waals surface area contributed by atoms with Crippen molar-refractivity contribution in [2.24, 2.45) is 23.2 Å². The van der Waals surface area contributed by atoms with E-state index in [-0.39, 0.29) is 47.2 Å². The van der Waals surface area contributed by atoms with Crippen molar-refractivity contribution in [3.8, 4) is 0 Å². The fourth-order valence-corrected chi connectivity index (χ4v) is 5.96. The minimum Gasteiger partial charge on any atom is -0.512 e. The van der Waals surface area contributed by atoms with Crippen LogP contribution in [0.5, 0.6) is 0 Å². The van der Waals surface area contributed by atoms with Gasteiger partial charge in [0.05, 0.1) is 7.11 Å². The fraction of sp³-hybridized carbons (Fsp3) is 0.611. The van der Waals surface area contributed by atoms with E-state index >= 15 is 0 Å². The molecule has 0 aromatic heterocycles. The van der Waals surface area contributed by atoms with Crippen molar-refractivity contribution in [3.05, 3.63) is 35.5 Å². The number of ether oxygens (including phenoxy) is 2. The van der Waals surface area contributed by atoms with Crippen LogP contribution in [0.3, 0.4) is 0 Å². The third-order valence-electron chi connectivity index (χ3n) is 6.79. The normalized spacial score (nSPS) is 45.2. The number of rotatable bonds is 1. The van der Waals surface area contributed by atoms with E-state index in [2.05, 4.69) is 18.0 Å². The van der Waals surface area contributed by atoms with Crippen molar-refractivity contribution in [1.82, 2.24) is 4.90 Å². The number of aliphatic hydroxyl groups excluding tert-OH is 1. The first-order valence-electron chi connectivity index (χ1n) is 8.35. The lowest BCUT2D eigenvalue weighted by molar-refractivity contribution is -0.146. The average Bonchev–Trinajstić information content (AvgIpc) is 2.88. The van der Waals surface area contributed by atoms with E-state index < -0.39 is 6.10 Å². The highest BCUT2D eigenvalue weighted by Gasteiger charge is 2.71. The molecule has 1 saturated carbocycles. The van der Waals surface area contributed by atoms with Crippen LogP contribution in [-0.4, -0.2) is 48.6 Å². The molecular weight excluding hydrogens is 330 g/mol. The molecule has 0 aromatic rings. The molecule has 0 aromatic carbocycles. The maximum Gasteiger partial charge on any atom is 0.200 e. The summed E-state index contributed by atoms with van der Waals surface area (Å²) in [6.07, 6.45) is 6.97. The Labute approximate surface area is 147 Å². The van der Waals surface area contributed by atoms with Gasteiger partial charge in [-0.25, -0.2) is 0 Å². The van der Waals surface area contributed by atoms with E-state index in [4.69, 9.17) is 9.47 Å². The third-order valence-corrected chi connectivity index (χ3v) is 6.79. The van der Waals surface area contributed by atoms with Crippen LogP contribution >= 0.6 is 12.4 Å². The molecule has 3 aliphatic carbocycles. The number of carbonyl (C=O) groups excluding carboxylic acids is 1. The molecule has 5 nitrogen and oxygen atoms in total. The van der Waals surface area contributed by atoms with Crippen LogP contribution in [0.15, 0.2) is 35.5 Å². The van der Waals surface area contributed by atoms with Gasteiger partial charge in [0, 0.05) is 29.4 Å². The fourth-order valence-electron chi connectivity index (χ4n) is 5.96. The molecule has 24 heavy (non-hydrogen) atoms. The highest BCUT2D eigenvalue weighted by atomic mass is 35.5. The van der Waals surface area contributed by atoms with Gasteiger partial charge in [0.25, 0.3) is 0 Å². The lowest BCUT2D eigenvalue weighted by Crippen LogP contribution is -2.65. The lowest BCUT2D eigenvalue weighted by Gasteiger charge is -2.59. The second kappa shape index (κ2) is 5.02. The minimum atomic E-state index is -0.479. The predicted octanol–water partition coefficient (Wildman–Crippen LogP) is 2.20. The van der Waals surface area contributed by atoms with Crippen LogP contribution in [-0.2, 0) is 14.3 Å². The highest BCUT2D eigenvalue weighted by molar-refractivity contribution is 5.96. The van der Waals surface area contributed by atoms with Gasteiger partial charge in [-0.1, -0.05) is 6.08 Å². The van der Waals surface area contributed by atoms with Gasteiger partial charge in [-0.15, -0.1) is 12.4 Å². The zero-order chi connectivity index (χ0) is 15.9. The Balaban J connectivity index is 0.00000146. The van der Waals surface area contributed by atoms with E-state index in [1.807, 2.05) is 6.08 Å². The summed E-state index contributed by atoms with van der Waals surface area (Å²) in [6, 6.07) is 0.258. The molecule has 2 unspecified atom stereocenters. The number of nitrogens with zero attached hydrogens (tertiary/aromatic N) is 1. The van der Waals surface area contributed by atoms with E-state index in [0.717, 1.165) is 30.9 Å². The summed E-state index contributed by atoms with van der Waals surface area (Å²) in [5, 5.41) is 10.6. The van der Waals surface area contributed by atoms with Crippen LogP contribution in [0, 0.1) is 23.2 Å². The number of aliphatic hydroxyl groups is 1. The topological polar surface area (TPSA) is 59.0 Å². The van der Waals surface area contributed by atoms with Crippen molar-refractivity contribution in [1.29, 1.82) is 0 Å². The molecule has 2 aliphatic heterocycles. The minimum absolute atomic E-state index is 0. The van der Waals surface area contributed by atoms with Crippen LogP contribution in [0.25, 0.3) is 0 Å². The number of hydrogen-bond donors (Lipinski definition) is 1. The molecule has 130 valence electrons. The highest BCUT2D eigenvalue weighted by Crippen LogP contribution is 2.67. The zero-order valence-corrected chi connectivity index (χ0v) is 14.6. The first-order valence-corrected chi connectivity index (χ1v) is 8.35. The molecule has 6 atom stereocenters. The summed E-state index contributed by atoms with van der Waals surface area (Å²) < 4.78 is 11.7. The van der Waals surface area contributed by atoms with E-state index in [1.165, 1.54) is 6.08 Å². The maximum atomic E-state index is 12.6. The summed E-state index contributed by atoms with van der Waals surface area (Å²) in [7, 11) is 3.77. The van der Waals surface area contributed by atoms with E-state index in [9.17, 15) is 9.90 Å². The Morgan fingerprint density at radius 3 is 2.96 bits per heavy atom. The molecule has 2 heterocycles. The Morgan fingerprint density at radius 2 is 2.21 bits per heavy atom. The molecule has 2 saturated heterocycles. The van der Waals surface area contributed by atoms with Gasteiger partial charge in [0.1, 0.15) is 11.5 Å². The largest absolute Gasteiger partial charge is 0.512 e. The van der Waals surface area contributed by atoms with Gasteiger partial charge >= 0.3 is 0 Å². The summed E-state index contributed by atoms with van der Waals surface area (Å²) >= 11 is 0. The Hall–Kier alpha value is -1.46. The van der Waals surface area contributed by atoms with Crippen LogP contribution in [0.2, 0.25) is 0 Å². The number of methoxy groups -OCH3 is 1. The number of piperidine rings is 1. The summed E-state index contributed by atoms with van der Waals surface area (Å²) in [4.78, 5) is 15.0. The van der Waals surface area contributed by atoms with Crippen LogP contribution in [0.1, 0.15) is 12.8 Å². The van der Waals surface area contributed by atoms with Gasteiger partial charge in [0.15, 0.2) is 17.6 Å². The number of ketones is 1. The number of hydrogen-bond acceptors (Lipinski definition) is 5. The van der Waals surface area contributed by atoms with Gasteiger partial charge in [0.2, 0.25) is 0 Å². The number of carbonyl (C=O) groups is 1. The van der Waals surface area contributed by atoms with Crippen LogP contribution < -0.4 is 0 Å². The first kappa shape index (κ1) is 16.0. The van der Waals surface area contributed by atoms with Crippen molar-refractivity contribution in [3.63, 3.8) is 0 Å². The Kier molecular flexibility index (Phi) is 3.35. The van der Waals surface area contributed by atoms with Gasteiger partial charge < -0.3 is 19.5 Å². The Morgan fingerprint density at radius 1 is 1.42 bits per heavy atom. The van der Waals surface area contributed by atoms with Crippen molar-refractivity contribution in [2.75, 3.05) is 20.7 Å². The van der Waals surface area contributed by atoms with E-state index in [0.29, 0.717) is 5.92 Å². The van der Waals surface area contributed by atoms with E-state index in [1.54, 1.807) is 7.11 Å². The molecule has 1 N–H and O–H groups in total. The van der Waals surface area contributed by atoms with Gasteiger partial charge in [-0.05, 0) is 38.4 Å². The van der Waals surface area contributed by atoms with Crippen LogP contribution in [0.4, 0.5) is 0 Å². The second-order valence-electron chi connectivity index (χ2n) is 7.53. The second-order valence-corrected chi connectivity index (χ2v) is 7.53. The molecule has 5 rings (SSSR count). The van der Waals surface area contributed by atoms with Crippen molar-refractivity contribution in [2.45, 2.75) is 25.0 Å². The van der Waals surface area contributed by atoms with Gasteiger partial charge in [-0.3, -0.25) is 4.79 Å². The zero-order valence-electron chi connectivity index (χ0n) is 13.8. The van der Waals surface area contributed by atoms with Crippen molar-refractivity contribution >= 4 is 18.2 Å². The summed E-state index contributed by atoms with van der Waals surface area (Å²) in [5.74, 6) is 2.18. The monoisotopic (exact) mass is 351 g/mol. The first-order chi connectivity index (χ1) is 11.1. The molecule has 3 fully saturated rings. The molecular formula is C18H22ClNO4. The Bertz CT molecular complexity index is 699. The van der Waals surface area contributed by atoms with Crippen molar-refractivity contribution < 1.29 is 19.4 Å².